The van der Waals surface area contributed by atoms with Crippen LogP contribution in [0.4, 0.5) is 4.79 Å². The molecule has 0 aromatic heterocycles. The van der Waals surface area contributed by atoms with E-state index in [1.54, 1.807) is 0 Å². The Morgan fingerprint density at radius 1 is 0.882 bits per heavy atom. The molecule has 5 aliphatic rings. The Morgan fingerprint density at radius 3 is 2.59 bits per heavy atom. The third-order valence-electron chi connectivity index (χ3n) is 9.24. The van der Waals surface area contributed by atoms with Crippen molar-refractivity contribution in [3.8, 4) is 0 Å². The zero-order valence-electron chi connectivity index (χ0n) is 19.8. The fourth-order valence-electron chi connectivity index (χ4n) is 7.45. The fraction of sp³-hybridized carbons (Fsp3) is 0.692. The molecule has 2 saturated carbocycles. The molecule has 0 spiro atoms. The topological polar surface area (TPSA) is 106 Å². The summed E-state index contributed by atoms with van der Waals surface area (Å²) in [5.74, 6) is 1.67. The first-order chi connectivity index (χ1) is 16.7. The van der Waals surface area contributed by atoms with Gasteiger partial charge in [0.25, 0.3) is 0 Å². The minimum atomic E-state index is -0.0218. The Balaban J connectivity index is 1.09. The number of piperidine rings is 1. The molecule has 8 heteroatoms. The van der Waals surface area contributed by atoms with Gasteiger partial charge in [0.2, 0.25) is 5.91 Å². The molecule has 3 saturated heterocycles. The van der Waals surface area contributed by atoms with Crippen molar-refractivity contribution in [2.45, 2.75) is 81.1 Å². The summed E-state index contributed by atoms with van der Waals surface area (Å²) in [4.78, 5) is 25.2. The van der Waals surface area contributed by atoms with E-state index in [-0.39, 0.29) is 36.0 Å². The third kappa shape index (κ3) is 4.32. The van der Waals surface area contributed by atoms with Crippen LogP contribution in [0.15, 0.2) is 30.3 Å². The highest BCUT2D eigenvalue weighted by atomic mass is 16.2. The predicted octanol–water partition coefficient (Wildman–Crippen LogP) is 1.36. The molecule has 34 heavy (non-hydrogen) atoms. The van der Waals surface area contributed by atoms with Crippen LogP contribution in [0, 0.1) is 17.8 Å². The summed E-state index contributed by atoms with van der Waals surface area (Å²) in [5, 5.41) is 13.1. The lowest BCUT2D eigenvalue weighted by Gasteiger charge is -2.39. The molecule has 0 radical (unpaired) electrons. The van der Waals surface area contributed by atoms with Crippen molar-refractivity contribution in [3.05, 3.63) is 35.9 Å². The molecule has 3 heterocycles. The highest BCUT2D eigenvalue weighted by Crippen LogP contribution is 2.41. The number of urea groups is 1. The zero-order chi connectivity index (χ0) is 23.1. The zero-order valence-corrected chi connectivity index (χ0v) is 19.8. The van der Waals surface area contributed by atoms with Crippen molar-refractivity contribution < 1.29 is 9.59 Å². The van der Waals surface area contributed by atoms with Crippen molar-refractivity contribution >= 4 is 11.9 Å². The van der Waals surface area contributed by atoms with Crippen LogP contribution >= 0.6 is 0 Å². The molecule has 2 aliphatic carbocycles. The molecule has 0 bridgehead atoms. The number of fused-ring (bicyclic) bond motifs is 2. The molecule has 9 atom stereocenters. The first-order valence-electron chi connectivity index (χ1n) is 13.3. The Labute approximate surface area is 201 Å². The van der Waals surface area contributed by atoms with Crippen LogP contribution in [0.3, 0.4) is 0 Å². The van der Waals surface area contributed by atoms with Gasteiger partial charge in [-0.15, -0.1) is 0 Å². The molecular weight excluding hydrogens is 428 g/mol. The van der Waals surface area contributed by atoms with E-state index >= 15 is 0 Å². The van der Waals surface area contributed by atoms with Gasteiger partial charge in [0.1, 0.15) is 0 Å². The number of carbonyl (C=O) groups excluding carboxylic acids is 2. The van der Waals surface area contributed by atoms with Crippen LogP contribution in [0.2, 0.25) is 0 Å². The molecule has 5 fully saturated rings. The van der Waals surface area contributed by atoms with Crippen LogP contribution < -0.4 is 32.1 Å². The number of carbonyl (C=O) groups is 2. The van der Waals surface area contributed by atoms with Crippen molar-refractivity contribution in [2.75, 3.05) is 13.1 Å². The van der Waals surface area contributed by atoms with Gasteiger partial charge in [0.05, 0.1) is 12.1 Å². The first kappa shape index (κ1) is 22.3. The van der Waals surface area contributed by atoms with E-state index in [2.05, 4.69) is 62.5 Å². The maximum Gasteiger partial charge on any atom is 0.315 e. The van der Waals surface area contributed by atoms with E-state index in [1.165, 1.54) is 5.56 Å². The summed E-state index contributed by atoms with van der Waals surface area (Å²) in [6.07, 6.45) is 7.13. The highest BCUT2D eigenvalue weighted by Gasteiger charge is 2.48. The molecule has 3 amide bonds. The Morgan fingerprint density at radius 2 is 1.71 bits per heavy atom. The number of hydrazine groups is 1. The summed E-state index contributed by atoms with van der Waals surface area (Å²) in [7, 11) is 0. The smallest absolute Gasteiger partial charge is 0.315 e. The second-order valence-corrected chi connectivity index (χ2v) is 11.1. The van der Waals surface area contributed by atoms with Crippen LogP contribution in [0.25, 0.3) is 0 Å². The minimum Gasteiger partial charge on any atom is -0.351 e. The van der Waals surface area contributed by atoms with Crippen LogP contribution in [-0.4, -0.2) is 55.2 Å². The summed E-state index contributed by atoms with van der Waals surface area (Å²) < 4.78 is 0. The SMILES string of the molecule is O=C1NC2CCC(C3NNC4CCC(C(=O)N[C@@H]5CNCC[C@H]5c5ccccc5)CC43)CC2N1. The van der Waals surface area contributed by atoms with Gasteiger partial charge in [-0.2, -0.15) is 0 Å². The predicted molar refractivity (Wildman–Crippen MR) is 130 cm³/mol. The van der Waals surface area contributed by atoms with Gasteiger partial charge in [-0.25, -0.2) is 4.79 Å². The number of hydrogen-bond acceptors (Lipinski definition) is 5. The standard InChI is InChI=1S/C26H38N6O2/c33-25(28-23-14-27-11-10-18(23)15-4-2-1-3-5-15)17-7-8-20-19(12-17)24(32-31-20)16-6-9-21-22(13-16)30-26(34)29-21/h1-5,16-24,27,31-32H,6-14H2,(H,28,33)(H2,29,30,34)/t16?,17?,18-,19?,20?,21?,22?,23+,24?/m0/s1. The summed E-state index contributed by atoms with van der Waals surface area (Å²) in [5.41, 5.74) is 8.48. The van der Waals surface area contributed by atoms with Crippen LogP contribution in [0.5, 0.6) is 0 Å². The lowest BCUT2D eigenvalue weighted by atomic mass is 9.69. The van der Waals surface area contributed by atoms with Gasteiger partial charge in [-0.1, -0.05) is 30.3 Å². The van der Waals surface area contributed by atoms with E-state index in [4.69, 9.17) is 0 Å². The fourth-order valence-corrected chi connectivity index (χ4v) is 7.45. The Bertz CT molecular complexity index is 897. The monoisotopic (exact) mass is 466 g/mol. The van der Waals surface area contributed by atoms with Gasteiger partial charge in [-0.3, -0.25) is 15.6 Å². The first-order valence-corrected chi connectivity index (χ1v) is 13.3. The van der Waals surface area contributed by atoms with Crippen LogP contribution in [-0.2, 0) is 4.79 Å². The van der Waals surface area contributed by atoms with Gasteiger partial charge < -0.3 is 21.3 Å². The number of benzene rings is 1. The van der Waals surface area contributed by atoms with Gasteiger partial charge in [0, 0.05) is 36.5 Å². The molecule has 184 valence electrons. The van der Waals surface area contributed by atoms with E-state index in [1.807, 2.05) is 0 Å². The maximum atomic E-state index is 13.5. The van der Waals surface area contributed by atoms with Gasteiger partial charge >= 0.3 is 6.03 Å². The largest absolute Gasteiger partial charge is 0.351 e. The van der Waals surface area contributed by atoms with E-state index < -0.39 is 0 Å². The van der Waals surface area contributed by atoms with Crippen molar-refractivity contribution in [2.24, 2.45) is 17.8 Å². The molecular formula is C26H38N6O2. The number of rotatable bonds is 4. The average molecular weight is 467 g/mol. The lowest BCUT2D eigenvalue weighted by molar-refractivity contribution is -0.127. The summed E-state index contributed by atoms with van der Waals surface area (Å²) >= 11 is 0. The molecule has 7 unspecified atom stereocenters. The highest BCUT2D eigenvalue weighted by molar-refractivity contribution is 5.79. The minimum absolute atomic E-state index is 0.0218. The normalized spacial score (nSPS) is 41.6. The van der Waals surface area contributed by atoms with Crippen molar-refractivity contribution in [3.63, 3.8) is 0 Å². The molecule has 3 aliphatic heterocycles. The summed E-state index contributed by atoms with van der Waals surface area (Å²) in [6, 6.07) is 12.1. The average Bonchev–Trinajstić information content (AvgIpc) is 3.46. The molecule has 6 rings (SSSR count). The van der Waals surface area contributed by atoms with E-state index in [0.29, 0.717) is 29.8 Å². The van der Waals surface area contributed by atoms with Gasteiger partial charge in [-0.05, 0) is 68.9 Å². The Hall–Kier alpha value is -2.16. The van der Waals surface area contributed by atoms with Crippen LogP contribution in [0.1, 0.15) is 56.4 Å². The maximum absolute atomic E-state index is 13.5. The van der Waals surface area contributed by atoms with E-state index in [0.717, 1.165) is 58.0 Å². The number of hydrogen-bond donors (Lipinski definition) is 6. The quantitative estimate of drug-likeness (QED) is 0.402. The second-order valence-electron chi connectivity index (χ2n) is 11.1. The molecule has 1 aromatic rings. The van der Waals surface area contributed by atoms with Gasteiger partial charge in [0.15, 0.2) is 0 Å². The Kier molecular flexibility index (Phi) is 6.22. The lowest BCUT2D eigenvalue weighted by Crippen LogP contribution is -2.52. The summed E-state index contributed by atoms with van der Waals surface area (Å²) in [6.45, 7) is 1.83. The number of amides is 3. The number of nitrogens with one attached hydrogen (secondary N) is 6. The molecule has 1 aromatic carbocycles. The third-order valence-corrected chi connectivity index (χ3v) is 9.24. The van der Waals surface area contributed by atoms with Crippen molar-refractivity contribution in [1.29, 1.82) is 0 Å². The molecule has 8 nitrogen and oxygen atoms in total. The van der Waals surface area contributed by atoms with E-state index in [9.17, 15) is 9.59 Å². The second kappa shape index (κ2) is 9.47. The molecule has 6 N–H and O–H groups in total. The van der Waals surface area contributed by atoms with Crippen molar-refractivity contribution in [1.82, 2.24) is 32.1 Å².